The lowest BCUT2D eigenvalue weighted by Gasteiger charge is -2.09. The highest BCUT2D eigenvalue weighted by atomic mass is 19.1. The Balaban J connectivity index is 1.90. The summed E-state index contributed by atoms with van der Waals surface area (Å²) in [5.74, 6) is -0.794. The monoisotopic (exact) mass is 341 g/mol. The van der Waals surface area contributed by atoms with Crippen molar-refractivity contribution in [1.29, 1.82) is 0 Å². The van der Waals surface area contributed by atoms with E-state index < -0.39 is 22.8 Å². The van der Waals surface area contributed by atoms with Gasteiger partial charge in [0, 0.05) is 24.2 Å². The molecule has 1 aromatic heterocycles. The molecule has 25 heavy (non-hydrogen) atoms. The molecule has 0 unspecified atom stereocenters. The zero-order valence-corrected chi connectivity index (χ0v) is 13.5. The van der Waals surface area contributed by atoms with Crippen LogP contribution >= 0.6 is 0 Å². The lowest BCUT2D eigenvalue weighted by atomic mass is 10.1. The van der Waals surface area contributed by atoms with E-state index in [9.17, 15) is 18.8 Å². The Morgan fingerprint density at radius 1 is 1.20 bits per heavy atom. The van der Waals surface area contributed by atoms with Crippen molar-refractivity contribution < 1.29 is 9.18 Å². The van der Waals surface area contributed by atoms with Crippen molar-refractivity contribution in [3.05, 3.63) is 80.1 Å². The van der Waals surface area contributed by atoms with Crippen LogP contribution in [0.1, 0.15) is 22.8 Å². The minimum atomic E-state index is -0.738. The Kier molecular flexibility index (Phi) is 4.47. The number of rotatable bonds is 4. The molecular formula is C18H16FN3O3. The minimum Gasteiger partial charge on any atom is -0.348 e. The number of benzene rings is 2. The lowest BCUT2D eigenvalue weighted by molar-refractivity contribution is 0.0950. The average Bonchev–Trinajstić information content (AvgIpc) is 2.61. The second-order valence-corrected chi connectivity index (χ2v) is 5.51. The number of fused-ring (bicyclic) bond motifs is 1. The Morgan fingerprint density at radius 3 is 2.68 bits per heavy atom. The van der Waals surface area contributed by atoms with Crippen LogP contribution in [0, 0.1) is 5.82 Å². The fraction of sp³-hybridized carbons (Fsp3) is 0.167. The molecule has 0 aliphatic heterocycles. The number of carbonyl (C=O) groups excluding carboxylic acids is 1. The Morgan fingerprint density at radius 2 is 1.96 bits per heavy atom. The number of nitrogens with zero attached hydrogens (tertiary/aromatic N) is 1. The number of nitrogens with one attached hydrogen (secondary N) is 2. The number of aryl methyl sites for hydroxylation is 1. The van der Waals surface area contributed by atoms with Gasteiger partial charge < -0.3 is 14.9 Å². The lowest BCUT2D eigenvalue weighted by Crippen LogP contribution is -2.36. The van der Waals surface area contributed by atoms with Gasteiger partial charge in [0.2, 0.25) is 0 Å². The minimum absolute atomic E-state index is 0.0501. The number of carbonyl (C=O) groups is 1. The molecule has 0 saturated carbocycles. The third kappa shape index (κ3) is 3.21. The van der Waals surface area contributed by atoms with E-state index in [0.29, 0.717) is 28.7 Å². The molecule has 3 rings (SSSR count). The van der Waals surface area contributed by atoms with Crippen LogP contribution in [-0.4, -0.2) is 15.5 Å². The number of amides is 1. The zero-order valence-electron chi connectivity index (χ0n) is 13.5. The molecule has 0 atom stereocenters. The van der Waals surface area contributed by atoms with Crippen LogP contribution in [0.3, 0.4) is 0 Å². The highest BCUT2D eigenvalue weighted by Crippen LogP contribution is 2.12. The topological polar surface area (TPSA) is 84.0 Å². The van der Waals surface area contributed by atoms with E-state index in [-0.39, 0.29) is 6.54 Å². The largest absolute Gasteiger partial charge is 0.348 e. The summed E-state index contributed by atoms with van der Waals surface area (Å²) in [6.45, 7) is 2.15. The van der Waals surface area contributed by atoms with Crippen molar-refractivity contribution in [3.63, 3.8) is 0 Å². The van der Waals surface area contributed by atoms with Crippen LogP contribution in [0.15, 0.2) is 52.1 Å². The van der Waals surface area contributed by atoms with Gasteiger partial charge in [-0.15, -0.1) is 0 Å². The molecule has 6 nitrogen and oxygen atoms in total. The molecule has 128 valence electrons. The predicted molar refractivity (Wildman–Crippen MR) is 92.1 cm³/mol. The van der Waals surface area contributed by atoms with Gasteiger partial charge in [-0.2, -0.15) is 0 Å². The van der Waals surface area contributed by atoms with Crippen molar-refractivity contribution >= 4 is 16.9 Å². The Hall–Kier alpha value is -3.22. The normalized spacial score (nSPS) is 10.8. The Labute approximate surface area is 141 Å². The molecule has 0 spiro atoms. The quantitative estimate of drug-likeness (QED) is 0.710. The van der Waals surface area contributed by atoms with E-state index in [0.717, 1.165) is 0 Å². The van der Waals surface area contributed by atoms with Crippen LogP contribution in [0.2, 0.25) is 0 Å². The first-order chi connectivity index (χ1) is 12.0. The predicted octanol–water partition coefficient (Wildman–Crippen LogP) is 1.78. The van der Waals surface area contributed by atoms with Gasteiger partial charge in [0.15, 0.2) is 0 Å². The first kappa shape index (κ1) is 16.6. The van der Waals surface area contributed by atoms with Crippen LogP contribution in [0.25, 0.3) is 11.0 Å². The molecule has 3 aromatic rings. The summed E-state index contributed by atoms with van der Waals surface area (Å²) in [5, 5.41) is 2.64. The zero-order chi connectivity index (χ0) is 18.0. The van der Waals surface area contributed by atoms with Crippen LogP contribution < -0.4 is 16.4 Å². The molecule has 0 aliphatic carbocycles. The smallest absolute Gasteiger partial charge is 0.316 e. The number of hydrogen-bond acceptors (Lipinski definition) is 3. The second-order valence-electron chi connectivity index (χ2n) is 5.51. The summed E-state index contributed by atoms with van der Waals surface area (Å²) in [5.41, 5.74) is 0.249. The Bertz CT molecular complexity index is 1070. The van der Waals surface area contributed by atoms with Crippen LogP contribution in [0.4, 0.5) is 4.39 Å². The molecule has 7 heteroatoms. The third-order valence-corrected chi connectivity index (χ3v) is 3.95. The van der Waals surface area contributed by atoms with Gasteiger partial charge in [0.1, 0.15) is 5.82 Å². The maximum Gasteiger partial charge on any atom is 0.316 e. The van der Waals surface area contributed by atoms with E-state index in [4.69, 9.17) is 0 Å². The summed E-state index contributed by atoms with van der Waals surface area (Å²) in [6, 6.07) is 10.8. The van der Waals surface area contributed by atoms with E-state index in [1.165, 1.54) is 16.7 Å². The molecule has 1 amide bonds. The maximum atomic E-state index is 13.6. The summed E-state index contributed by atoms with van der Waals surface area (Å²) >= 11 is 0. The SMILES string of the molecule is CCn1c(=O)c(=O)[nH]c2cc(C(=O)NCc3ccccc3F)ccc21. The molecule has 0 bridgehead atoms. The van der Waals surface area contributed by atoms with E-state index >= 15 is 0 Å². The fourth-order valence-corrected chi connectivity index (χ4v) is 2.65. The summed E-state index contributed by atoms with van der Waals surface area (Å²) in [6.07, 6.45) is 0. The number of halogens is 1. The van der Waals surface area contributed by atoms with E-state index in [2.05, 4.69) is 10.3 Å². The van der Waals surface area contributed by atoms with Gasteiger partial charge in [0.25, 0.3) is 5.91 Å². The molecule has 0 saturated heterocycles. The van der Waals surface area contributed by atoms with Gasteiger partial charge >= 0.3 is 11.1 Å². The average molecular weight is 341 g/mol. The molecule has 0 aliphatic rings. The summed E-state index contributed by atoms with van der Waals surface area (Å²) < 4.78 is 14.9. The van der Waals surface area contributed by atoms with Crippen molar-refractivity contribution in [3.8, 4) is 0 Å². The first-order valence-corrected chi connectivity index (χ1v) is 7.79. The van der Waals surface area contributed by atoms with Crippen molar-refractivity contribution in [2.45, 2.75) is 20.0 Å². The van der Waals surface area contributed by atoms with Crippen LogP contribution in [0.5, 0.6) is 0 Å². The molecule has 2 aromatic carbocycles. The van der Waals surface area contributed by atoms with Gasteiger partial charge in [-0.3, -0.25) is 14.4 Å². The number of hydrogen-bond donors (Lipinski definition) is 2. The standard InChI is InChI=1S/C18H16FN3O3/c1-2-22-15-8-7-11(9-14(15)21-17(24)18(22)25)16(23)20-10-12-5-3-4-6-13(12)19/h3-9H,2,10H2,1H3,(H,20,23)(H,21,24). The van der Waals surface area contributed by atoms with Crippen molar-refractivity contribution in [2.75, 3.05) is 0 Å². The van der Waals surface area contributed by atoms with Crippen LogP contribution in [-0.2, 0) is 13.1 Å². The molecule has 2 N–H and O–H groups in total. The van der Waals surface area contributed by atoms with Crippen molar-refractivity contribution in [1.82, 2.24) is 14.9 Å². The number of H-pyrrole nitrogens is 1. The van der Waals surface area contributed by atoms with Gasteiger partial charge in [-0.25, -0.2) is 4.39 Å². The van der Waals surface area contributed by atoms with E-state index in [1.807, 2.05) is 0 Å². The second kappa shape index (κ2) is 6.72. The highest BCUT2D eigenvalue weighted by Gasteiger charge is 2.11. The van der Waals surface area contributed by atoms with Gasteiger partial charge in [-0.05, 0) is 31.2 Å². The molecule has 0 radical (unpaired) electrons. The number of aromatic nitrogens is 2. The van der Waals surface area contributed by atoms with Gasteiger partial charge in [-0.1, -0.05) is 18.2 Å². The molecular weight excluding hydrogens is 325 g/mol. The molecule has 0 fully saturated rings. The van der Waals surface area contributed by atoms with Gasteiger partial charge in [0.05, 0.1) is 11.0 Å². The summed E-state index contributed by atoms with van der Waals surface area (Å²) in [7, 11) is 0. The summed E-state index contributed by atoms with van der Waals surface area (Å²) in [4.78, 5) is 38.3. The number of aromatic amines is 1. The maximum absolute atomic E-state index is 13.6. The fourth-order valence-electron chi connectivity index (χ4n) is 2.65. The third-order valence-electron chi connectivity index (χ3n) is 3.95. The molecule has 1 heterocycles. The van der Waals surface area contributed by atoms with E-state index in [1.54, 1.807) is 37.3 Å². The highest BCUT2D eigenvalue weighted by molar-refractivity contribution is 5.97. The first-order valence-electron chi connectivity index (χ1n) is 7.79. The van der Waals surface area contributed by atoms with Crippen molar-refractivity contribution in [2.24, 2.45) is 0 Å².